The first-order valence-corrected chi connectivity index (χ1v) is 11.3. The van der Waals surface area contributed by atoms with Gasteiger partial charge in [0.15, 0.2) is 0 Å². The summed E-state index contributed by atoms with van der Waals surface area (Å²) in [4.78, 5) is 28.0. The predicted octanol–water partition coefficient (Wildman–Crippen LogP) is 3.70. The molecular weight excluding hydrogens is 438 g/mol. The van der Waals surface area contributed by atoms with E-state index in [1.165, 1.54) is 19.1 Å². The molecule has 0 aromatic heterocycles. The Kier molecular flexibility index (Phi) is 7.07. The standard InChI is InChI=1S/C26H29NO7/c1-4-33-18-8-5-7-16(13-18)23-22(24(28)20-14-17(31-2)10-11-21(20)32-3)25(29)26(30)27(23)15-19-9-6-12-34-19/h5,7-8,10-11,13-14,19,23,28H,4,6,9,12,15H2,1-3H3/b24-22+. The number of amides is 1. The van der Waals surface area contributed by atoms with Crippen LogP contribution in [0.25, 0.3) is 5.76 Å². The van der Waals surface area contributed by atoms with E-state index in [0.29, 0.717) is 36.0 Å². The second-order valence-electron chi connectivity index (χ2n) is 8.16. The van der Waals surface area contributed by atoms with Crippen LogP contribution in [-0.2, 0) is 14.3 Å². The maximum atomic E-state index is 13.3. The van der Waals surface area contributed by atoms with Gasteiger partial charge in [-0.05, 0) is 55.7 Å². The number of nitrogens with zero attached hydrogens (tertiary/aromatic N) is 1. The van der Waals surface area contributed by atoms with Crippen LogP contribution in [0, 0.1) is 0 Å². The van der Waals surface area contributed by atoms with Crippen LogP contribution >= 0.6 is 0 Å². The van der Waals surface area contributed by atoms with E-state index in [0.717, 1.165) is 12.8 Å². The van der Waals surface area contributed by atoms with Crippen molar-refractivity contribution in [2.45, 2.75) is 31.9 Å². The van der Waals surface area contributed by atoms with Gasteiger partial charge in [0, 0.05) is 13.2 Å². The van der Waals surface area contributed by atoms with Crippen molar-refractivity contribution < 1.29 is 33.6 Å². The van der Waals surface area contributed by atoms with Crippen molar-refractivity contribution in [3.63, 3.8) is 0 Å². The Balaban J connectivity index is 1.87. The van der Waals surface area contributed by atoms with Crippen molar-refractivity contribution in [1.82, 2.24) is 4.90 Å². The lowest BCUT2D eigenvalue weighted by Gasteiger charge is -2.27. The van der Waals surface area contributed by atoms with E-state index < -0.39 is 17.7 Å². The molecule has 2 unspecified atom stereocenters. The average Bonchev–Trinajstić information content (AvgIpc) is 3.46. The van der Waals surface area contributed by atoms with Gasteiger partial charge in [-0.25, -0.2) is 0 Å². The van der Waals surface area contributed by atoms with E-state index in [1.807, 2.05) is 19.1 Å². The molecule has 1 N–H and O–H groups in total. The summed E-state index contributed by atoms with van der Waals surface area (Å²) in [5.41, 5.74) is 0.915. The Morgan fingerprint density at radius 2 is 1.94 bits per heavy atom. The van der Waals surface area contributed by atoms with Crippen molar-refractivity contribution in [2.24, 2.45) is 0 Å². The number of likely N-dealkylation sites (tertiary alicyclic amines) is 1. The summed E-state index contributed by atoms with van der Waals surface area (Å²) in [5, 5.41) is 11.4. The Hall–Kier alpha value is -3.52. The molecule has 0 aliphatic carbocycles. The molecule has 1 amide bonds. The number of ketones is 1. The SMILES string of the molecule is CCOc1cccc(C2/C(=C(\O)c3cc(OC)ccc3OC)C(=O)C(=O)N2CC2CCCO2)c1. The predicted molar refractivity (Wildman–Crippen MR) is 125 cm³/mol. The number of methoxy groups -OCH3 is 2. The van der Waals surface area contributed by atoms with E-state index >= 15 is 0 Å². The molecule has 2 atom stereocenters. The van der Waals surface area contributed by atoms with Gasteiger partial charge in [-0.2, -0.15) is 0 Å². The fourth-order valence-corrected chi connectivity index (χ4v) is 4.51. The van der Waals surface area contributed by atoms with E-state index in [2.05, 4.69) is 0 Å². The lowest BCUT2D eigenvalue weighted by atomic mass is 9.94. The van der Waals surface area contributed by atoms with Gasteiger partial charge >= 0.3 is 0 Å². The highest BCUT2D eigenvalue weighted by molar-refractivity contribution is 6.46. The highest BCUT2D eigenvalue weighted by Gasteiger charge is 2.47. The summed E-state index contributed by atoms with van der Waals surface area (Å²) in [6.07, 6.45) is 1.54. The number of hydrogen-bond acceptors (Lipinski definition) is 7. The first-order chi connectivity index (χ1) is 16.5. The van der Waals surface area contributed by atoms with Crippen molar-refractivity contribution in [1.29, 1.82) is 0 Å². The van der Waals surface area contributed by atoms with Gasteiger partial charge in [-0.15, -0.1) is 0 Å². The number of carbonyl (C=O) groups is 2. The largest absolute Gasteiger partial charge is 0.507 e. The minimum atomic E-state index is -0.805. The Labute approximate surface area is 198 Å². The van der Waals surface area contributed by atoms with Crippen LogP contribution in [0.5, 0.6) is 17.2 Å². The minimum Gasteiger partial charge on any atom is -0.507 e. The maximum absolute atomic E-state index is 13.3. The zero-order chi connectivity index (χ0) is 24.2. The molecule has 8 nitrogen and oxygen atoms in total. The van der Waals surface area contributed by atoms with E-state index in [1.54, 1.807) is 30.3 Å². The molecule has 2 heterocycles. The third kappa shape index (κ3) is 4.46. The fraction of sp³-hybridized carbons (Fsp3) is 0.385. The summed E-state index contributed by atoms with van der Waals surface area (Å²) in [6.45, 7) is 3.23. The lowest BCUT2D eigenvalue weighted by Crippen LogP contribution is -2.36. The number of Topliss-reactive ketones (excluding diaryl/α,β-unsaturated/α-hetero) is 1. The van der Waals surface area contributed by atoms with Crippen LogP contribution in [0.3, 0.4) is 0 Å². The minimum absolute atomic E-state index is 0.0109. The van der Waals surface area contributed by atoms with E-state index in [-0.39, 0.29) is 29.5 Å². The zero-order valence-electron chi connectivity index (χ0n) is 19.6. The Bertz CT molecular complexity index is 1100. The first-order valence-electron chi connectivity index (χ1n) is 11.3. The van der Waals surface area contributed by atoms with Crippen LogP contribution in [0.15, 0.2) is 48.0 Å². The Morgan fingerprint density at radius 3 is 2.62 bits per heavy atom. The topological polar surface area (TPSA) is 94.5 Å². The van der Waals surface area contributed by atoms with Crippen molar-refractivity contribution in [2.75, 3.05) is 34.0 Å². The van der Waals surface area contributed by atoms with Gasteiger partial charge in [0.05, 0.1) is 44.1 Å². The summed E-state index contributed by atoms with van der Waals surface area (Å²) in [7, 11) is 2.98. The van der Waals surface area contributed by atoms with Crippen LogP contribution in [0.2, 0.25) is 0 Å². The first kappa shape index (κ1) is 23.6. The number of benzene rings is 2. The molecule has 2 saturated heterocycles. The summed E-state index contributed by atoms with van der Waals surface area (Å²) in [6, 6.07) is 11.3. The number of aliphatic hydroxyl groups is 1. The van der Waals surface area contributed by atoms with E-state index in [4.69, 9.17) is 18.9 Å². The number of carbonyl (C=O) groups excluding carboxylic acids is 2. The molecule has 2 aliphatic heterocycles. The number of ether oxygens (including phenoxy) is 4. The van der Waals surface area contributed by atoms with Crippen LogP contribution < -0.4 is 14.2 Å². The molecular formula is C26H29NO7. The highest BCUT2D eigenvalue weighted by Crippen LogP contribution is 2.42. The lowest BCUT2D eigenvalue weighted by molar-refractivity contribution is -0.140. The molecule has 34 heavy (non-hydrogen) atoms. The van der Waals surface area contributed by atoms with Gasteiger partial charge in [0.1, 0.15) is 23.0 Å². The molecule has 0 spiro atoms. The van der Waals surface area contributed by atoms with Gasteiger partial charge in [-0.3, -0.25) is 9.59 Å². The summed E-state index contributed by atoms with van der Waals surface area (Å²) < 4.78 is 22.1. The smallest absolute Gasteiger partial charge is 0.295 e. The van der Waals surface area contributed by atoms with Crippen LogP contribution in [0.4, 0.5) is 0 Å². The third-order valence-electron chi connectivity index (χ3n) is 6.11. The molecule has 2 aromatic rings. The zero-order valence-corrected chi connectivity index (χ0v) is 19.6. The fourth-order valence-electron chi connectivity index (χ4n) is 4.51. The van der Waals surface area contributed by atoms with Crippen molar-refractivity contribution in [3.05, 3.63) is 59.2 Å². The quantitative estimate of drug-likeness (QED) is 0.359. The molecule has 2 fully saturated rings. The molecule has 0 radical (unpaired) electrons. The van der Waals surface area contributed by atoms with Crippen LogP contribution in [0.1, 0.15) is 36.9 Å². The summed E-state index contributed by atoms with van der Waals surface area (Å²) in [5.74, 6) is -0.313. The molecule has 180 valence electrons. The van der Waals surface area contributed by atoms with Gasteiger partial charge < -0.3 is 29.0 Å². The van der Waals surface area contributed by atoms with Crippen LogP contribution in [-0.4, -0.2) is 61.8 Å². The summed E-state index contributed by atoms with van der Waals surface area (Å²) >= 11 is 0. The molecule has 2 aromatic carbocycles. The monoisotopic (exact) mass is 467 g/mol. The molecule has 2 aliphatic rings. The van der Waals surface area contributed by atoms with Crippen molar-refractivity contribution in [3.8, 4) is 17.2 Å². The normalized spacial score (nSPS) is 21.7. The average molecular weight is 468 g/mol. The maximum Gasteiger partial charge on any atom is 0.295 e. The number of aliphatic hydroxyl groups excluding tert-OH is 1. The highest BCUT2D eigenvalue weighted by atomic mass is 16.5. The van der Waals surface area contributed by atoms with Gasteiger partial charge in [0.25, 0.3) is 11.7 Å². The second kappa shape index (κ2) is 10.2. The second-order valence-corrected chi connectivity index (χ2v) is 8.16. The molecule has 8 heteroatoms. The number of rotatable bonds is 8. The van der Waals surface area contributed by atoms with Crippen molar-refractivity contribution >= 4 is 17.4 Å². The molecule has 0 bridgehead atoms. The molecule has 0 saturated carbocycles. The number of hydrogen-bond donors (Lipinski definition) is 1. The molecule has 4 rings (SSSR count). The van der Waals surface area contributed by atoms with E-state index in [9.17, 15) is 14.7 Å². The Morgan fingerprint density at radius 1 is 1.12 bits per heavy atom. The third-order valence-corrected chi connectivity index (χ3v) is 6.11. The van der Waals surface area contributed by atoms with Gasteiger partial charge in [0.2, 0.25) is 0 Å². The van der Waals surface area contributed by atoms with Gasteiger partial charge in [-0.1, -0.05) is 12.1 Å².